The van der Waals surface area contributed by atoms with Crippen LogP contribution in [0, 0.1) is 17.2 Å². The van der Waals surface area contributed by atoms with Gasteiger partial charge in [0.05, 0.1) is 6.07 Å². The summed E-state index contributed by atoms with van der Waals surface area (Å²) in [5.74, 6) is 1.45. The van der Waals surface area contributed by atoms with Gasteiger partial charge in [0, 0.05) is 16.7 Å². The number of hydrogen-bond donors (Lipinski definition) is 1. The highest BCUT2D eigenvalue weighted by Gasteiger charge is 2.42. The minimum Gasteiger partial charge on any atom is -0.297 e. The smallest absolute Gasteiger partial charge is 0.110 e. The molecule has 1 fully saturated rings. The number of thioether (sulfide) groups is 1. The lowest BCUT2D eigenvalue weighted by atomic mass is 9.86. The van der Waals surface area contributed by atoms with Crippen LogP contribution in [0.4, 0.5) is 0 Å². The molecule has 0 bridgehead atoms. The van der Waals surface area contributed by atoms with Gasteiger partial charge in [-0.1, -0.05) is 6.42 Å². The lowest BCUT2D eigenvalue weighted by molar-refractivity contribution is 0.289. The molecule has 1 aromatic heterocycles. The zero-order valence-corrected chi connectivity index (χ0v) is 15.0. The van der Waals surface area contributed by atoms with Crippen LogP contribution >= 0.6 is 27.7 Å². The maximum absolute atomic E-state index is 9.66. The van der Waals surface area contributed by atoms with Crippen molar-refractivity contribution in [3.8, 4) is 6.07 Å². The Morgan fingerprint density at radius 3 is 3.10 bits per heavy atom. The number of hydrogen-bond acceptors (Lipinski definition) is 4. The van der Waals surface area contributed by atoms with Crippen molar-refractivity contribution in [1.29, 1.82) is 5.26 Å². The van der Waals surface area contributed by atoms with Crippen molar-refractivity contribution in [2.45, 2.75) is 56.1 Å². The summed E-state index contributed by atoms with van der Waals surface area (Å²) in [5.41, 5.74) is -0.323. The zero-order chi connectivity index (χ0) is 15.3. The van der Waals surface area contributed by atoms with Crippen molar-refractivity contribution >= 4 is 27.7 Å². The quantitative estimate of drug-likeness (QED) is 0.757. The van der Waals surface area contributed by atoms with Crippen molar-refractivity contribution < 1.29 is 0 Å². The molecule has 0 aromatic carbocycles. The van der Waals surface area contributed by atoms with Crippen LogP contribution in [0.1, 0.15) is 39.5 Å². The Kier molecular flexibility index (Phi) is 6.09. The first-order valence-corrected chi connectivity index (χ1v) is 9.27. The summed E-state index contributed by atoms with van der Waals surface area (Å²) in [6, 6.07) is 6.87. The van der Waals surface area contributed by atoms with Gasteiger partial charge >= 0.3 is 0 Å². The molecular formula is C16H22BrN3S. The van der Waals surface area contributed by atoms with Gasteiger partial charge in [-0.15, -0.1) is 11.8 Å². The SMILES string of the molecule is CC(C)NC1(C#N)CCCC1CCSc1ncccc1Br. The fraction of sp³-hybridized carbons (Fsp3) is 0.625. The van der Waals surface area contributed by atoms with E-state index in [1.54, 1.807) is 11.8 Å². The Morgan fingerprint density at radius 1 is 1.62 bits per heavy atom. The topological polar surface area (TPSA) is 48.7 Å². The first-order valence-electron chi connectivity index (χ1n) is 7.49. The number of nitriles is 1. The molecular weight excluding hydrogens is 346 g/mol. The van der Waals surface area contributed by atoms with Crippen LogP contribution in [0.5, 0.6) is 0 Å². The van der Waals surface area contributed by atoms with Crippen LogP contribution in [0.25, 0.3) is 0 Å². The van der Waals surface area contributed by atoms with Crippen molar-refractivity contribution in [2.75, 3.05) is 5.75 Å². The van der Waals surface area contributed by atoms with E-state index in [9.17, 15) is 5.26 Å². The fourth-order valence-corrected chi connectivity index (χ4v) is 4.66. The molecule has 0 saturated heterocycles. The minimum atomic E-state index is -0.323. The number of rotatable bonds is 6. The molecule has 0 spiro atoms. The predicted molar refractivity (Wildman–Crippen MR) is 91.2 cm³/mol. The normalized spacial score (nSPS) is 25.2. The summed E-state index contributed by atoms with van der Waals surface area (Å²) >= 11 is 5.30. The predicted octanol–water partition coefficient (Wildman–Crippen LogP) is 4.39. The van der Waals surface area contributed by atoms with Crippen LogP contribution in [0.15, 0.2) is 27.8 Å². The molecule has 1 saturated carbocycles. The van der Waals surface area contributed by atoms with Gasteiger partial charge in [0.25, 0.3) is 0 Å². The largest absolute Gasteiger partial charge is 0.297 e. The second-order valence-electron chi connectivity index (χ2n) is 5.90. The molecule has 3 nitrogen and oxygen atoms in total. The summed E-state index contributed by atoms with van der Waals surface area (Å²) < 4.78 is 1.05. The molecule has 1 N–H and O–H groups in total. The van der Waals surface area contributed by atoms with Crippen molar-refractivity contribution in [3.05, 3.63) is 22.8 Å². The van der Waals surface area contributed by atoms with E-state index in [4.69, 9.17) is 0 Å². The Bertz CT molecular complexity index is 514. The van der Waals surface area contributed by atoms with Gasteiger partial charge in [0.2, 0.25) is 0 Å². The zero-order valence-electron chi connectivity index (χ0n) is 12.6. The monoisotopic (exact) mass is 367 g/mol. The number of nitrogens with zero attached hydrogens (tertiary/aromatic N) is 2. The van der Waals surface area contributed by atoms with E-state index < -0.39 is 0 Å². The van der Waals surface area contributed by atoms with Gasteiger partial charge in [-0.05, 0) is 72.8 Å². The molecule has 5 heteroatoms. The third-order valence-corrected chi connectivity index (χ3v) is 5.94. The molecule has 1 aliphatic carbocycles. The van der Waals surface area contributed by atoms with Crippen LogP contribution in [-0.4, -0.2) is 22.3 Å². The Balaban J connectivity index is 1.93. The highest BCUT2D eigenvalue weighted by Crippen LogP contribution is 2.39. The molecule has 21 heavy (non-hydrogen) atoms. The highest BCUT2D eigenvalue weighted by molar-refractivity contribution is 9.10. The molecule has 2 rings (SSSR count). The van der Waals surface area contributed by atoms with Gasteiger partial charge in [0.1, 0.15) is 10.6 Å². The standard InChI is InChI=1S/C16H22BrN3S/c1-12(2)20-16(11-18)8-3-5-13(16)7-10-21-15-14(17)6-4-9-19-15/h4,6,9,12-13,20H,3,5,7-8,10H2,1-2H3. The minimum absolute atomic E-state index is 0.323. The second-order valence-corrected chi connectivity index (χ2v) is 7.84. The maximum atomic E-state index is 9.66. The molecule has 0 aliphatic heterocycles. The van der Waals surface area contributed by atoms with Gasteiger partial charge in [-0.3, -0.25) is 5.32 Å². The van der Waals surface area contributed by atoms with E-state index in [1.807, 2.05) is 18.3 Å². The number of halogens is 1. The number of pyridine rings is 1. The van der Waals surface area contributed by atoms with Gasteiger partial charge in [-0.25, -0.2) is 4.98 Å². The van der Waals surface area contributed by atoms with E-state index in [0.717, 1.165) is 40.9 Å². The van der Waals surface area contributed by atoms with E-state index >= 15 is 0 Å². The van der Waals surface area contributed by atoms with Crippen LogP contribution < -0.4 is 5.32 Å². The Hall–Kier alpha value is -0.570. The van der Waals surface area contributed by atoms with Gasteiger partial charge < -0.3 is 0 Å². The van der Waals surface area contributed by atoms with E-state index in [2.05, 4.69) is 46.1 Å². The summed E-state index contributed by atoms with van der Waals surface area (Å²) in [4.78, 5) is 4.38. The third kappa shape index (κ3) is 4.21. The Labute approximate surface area is 140 Å². The van der Waals surface area contributed by atoms with E-state index in [1.165, 1.54) is 0 Å². The van der Waals surface area contributed by atoms with Gasteiger partial charge in [-0.2, -0.15) is 5.26 Å². The fourth-order valence-electron chi connectivity index (χ4n) is 3.13. The molecule has 1 heterocycles. The summed E-state index contributed by atoms with van der Waals surface area (Å²) in [6.45, 7) is 4.24. The van der Waals surface area contributed by atoms with E-state index in [-0.39, 0.29) is 5.54 Å². The molecule has 0 radical (unpaired) electrons. The van der Waals surface area contributed by atoms with Crippen LogP contribution in [-0.2, 0) is 0 Å². The van der Waals surface area contributed by atoms with Crippen LogP contribution in [0.2, 0.25) is 0 Å². The average Bonchev–Trinajstić information content (AvgIpc) is 2.84. The molecule has 114 valence electrons. The second kappa shape index (κ2) is 7.62. The highest BCUT2D eigenvalue weighted by atomic mass is 79.9. The first kappa shape index (κ1) is 16.8. The molecule has 1 aromatic rings. The summed E-state index contributed by atoms with van der Waals surface area (Å²) in [6.07, 6.45) is 6.15. The van der Waals surface area contributed by atoms with Crippen molar-refractivity contribution in [2.24, 2.45) is 5.92 Å². The molecule has 0 amide bonds. The average molecular weight is 368 g/mol. The maximum Gasteiger partial charge on any atom is 0.110 e. The van der Waals surface area contributed by atoms with Crippen molar-refractivity contribution in [1.82, 2.24) is 10.3 Å². The molecule has 2 atom stereocenters. The van der Waals surface area contributed by atoms with Crippen LogP contribution in [0.3, 0.4) is 0 Å². The molecule has 2 unspecified atom stereocenters. The number of aromatic nitrogens is 1. The van der Waals surface area contributed by atoms with Gasteiger partial charge in [0.15, 0.2) is 0 Å². The number of nitrogens with one attached hydrogen (secondary N) is 1. The molecule has 1 aliphatic rings. The lowest BCUT2D eigenvalue weighted by Crippen LogP contribution is -2.50. The third-order valence-electron chi connectivity index (χ3n) is 4.00. The van der Waals surface area contributed by atoms with E-state index in [0.29, 0.717) is 12.0 Å². The summed E-state index contributed by atoms with van der Waals surface area (Å²) in [7, 11) is 0. The first-order chi connectivity index (χ1) is 10.1. The van der Waals surface area contributed by atoms with Crippen molar-refractivity contribution in [3.63, 3.8) is 0 Å². The lowest BCUT2D eigenvalue weighted by Gasteiger charge is -2.32. The summed E-state index contributed by atoms with van der Waals surface area (Å²) in [5, 5.41) is 14.2. The Morgan fingerprint density at radius 2 is 2.43 bits per heavy atom.